The van der Waals surface area contributed by atoms with Gasteiger partial charge in [-0.05, 0) is 38.0 Å². The summed E-state index contributed by atoms with van der Waals surface area (Å²) in [6.07, 6.45) is 6.08. The lowest BCUT2D eigenvalue weighted by Gasteiger charge is -2.15. The number of halogens is 1. The lowest BCUT2D eigenvalue weighted by atomic mass is 10.1. The molecule has 2 aromatic rings. The predicted molar refractivity (Wildman–Crippen MR) is 76.8 cm³/mol. The molecular weight excluding hydrogens is 246 g/mol. The number of benzene rings is 1. The smallest absolute Gasteiger partial charge is 0.137 e. The van der Waals surface area contributed by atoms with Crippen LogP contribution in [0.2, 0.25) is 5.02 Å². The molecule has 4 heteroatoms. The van der Waals surface area contributed by atoms with Gasteiger partial charge in [0, 0.05) is 16.5 Å². The number of aromatic nitrogens is 2. The van der Waals surface area contributed by atoms with Gasteiger partial charge >= 0.3 is 0 Å². The van der Waals surface area contributed by atoms with Crippen LogP contribution in [0.4, 0.5) is 5.82 Å². The Kier molecular flexibility index (Phi) is 4.37. The summed E-state index contributed by atoms with van der Waals surface area (Å²) in [5.41, 5.74) is 0.864. The number of hydrogen-bond acceptors (Lipinski definition) is 3. The first-order valence-electron chi connectivity index (χ1n) is 6.21. The summed E-state index contributed by atoms with van der Waals surface area (Å²) in [5.74, 6) is 0.858. The van der Waals surface area contributed by atoms with E-state index in [2.05, 4.69) is 35.6 Å². The van der Waals surface area contributed by atoms with Gasteiger partial charge in [0.2, 0.25) is 0 Å². The zero-order valence-electron chi connectivity index (χ0n) is 10.7. The summed E-state index contributed by atoms with van der Waals surface area (Å²) < 4.78 is 0. The molecule has 1 aromatic carbocycles. The topological polar surface area (TPSA) is 37.8 Å². The van der Waals surface area contributed by atoms with Crippen LogP contribution in [-0.2, 0) is 0 Å². The van der Waals surface area contributed by atoms with Crippen molar-refractivity contribution in [1.82, 2.24) is 9.97 Å². The van der Waals surface area contributed by atoms with Crippen LogP contribution < -0.4 is 5.32 Å². The third-order valence-corrected chi connectivity index (χ3v) is 3.01. The minimum atomic E-state index is 0.290. The van der Waals surface area contributed by atoms with E-state index in [4.69, 9.17) is 11.6 Å². The molecule has 1 N–H and O–H groups in total. The average molecular weight is 263 g/mol. The summed E-state index contributed by atoms with van der Waals surface area (Å²) in [4.78, 5) is 8.53. The molecule has 1 atom stereocenters. The summed E-state index contributed by atoms with van der Waals surface area (Å²) >= 11 is 5.96. The maximum atomic E-state index is 5.96. The summed E-state index contributed by atoms with van der Waals surface area (Å²) in [5, 5.41) is 5.08. The normalized spacial score (nSPS) is 12.6. The number of unbranched alkanes of at least 4 members (excludes halogenated alkanes) is 1. The van der Waals surface area contributed by atoms with Crippen molar-refractivity contribution in [3.63, 3.8) is 0 Å². The average Bonchev–Trinajstić information content (AvgIpc) is 2.36. The minimum Gasteiger partial charge on any atom is -0.367 e. The van der Waals surface area contributed by atoms with Gasteiger partial charge in [-0.15, -0.1) is 0 Å². The molecule has 2 rings (SSSR count). The van der Waals surface area contributed by atoms with E-state index in [-0.39, 0.29) is 0 Å². The first-order valence-corrected chi connectivity index (χ1v) is 6.58. The number of hydrogen-bond donors (Lipinski definition) is 1. The third-order valence-electron chi connectivity index (χ3n) is 2.77. The van der Waals surface area contributed by atoms with Crippen LogP contribution in [0.5, 0.6) is 0 Å². The van der Waals surface area contributed by atoms with Crippen molar-refractivity contribution in [1.29, 1.82) is 0 Å². The number of nitrogens with zero attached hydrogens (tertiary/aromatic N) is 2. The van der Waals surface area contributed by atoms with Crippen LogP contribution in [-0.4, -0.2) is 16.0 Å². The highest BCUT2D eigenvalue weighted by atomic mass is 35.5. The monoisotopic (exact) mass is 262 g/mol. The number of anilines is 1. The molecule has 0 spiro atoms. The molecule has 0 amide bonds. The van der Waals surface area contributed by atoms with Crippen molar-refractivity contribution in [2.75, 3.05) is 5.32 Å². The molecule has 18 heavy (non-hydrogen) atoms. The zero-order chi connectivity index (χ0) is 13.0. The van der Waals surface area contributed by atoms with Gasteiger partial charge in [-0.2, -0.15) is 0 Å². The van der Waals surface area contributed by atoms with Crippen molar-refractivity contribution < 1.29 is 0 Å². The van der Waals surface area contributed by atoms with E-state index in [1.54, 1.807) is 6.33 Å². The molecule has 0 bridgehead atoms. The fraction of sp³-hybridized carbons (Fsp3) is 0.357. The molecule has 0 aliphatic carbocycles. The van der Waals surface area contributed by atoms with Gasteiger partial charge in [-0.1, -0.05) is 24.9 Å². The molecule has 0 saturated carbocycles. The highest BCUT2D eigenvalue weighted by molar-refractivity contribution is 6.31. The van der Waals surface area contributed by atoms with E-state index in [0.717, 1.165) is 29.6 Å². The van der Waals surface area contributed by atoms with Crippen LogP contribution in [0.25, 0.3) is 10.9 Å². The molecule has 0 fully saturated rings. The molecule has 1 unspecified atom stereocenters. The molecular formula is C14H17ClN3. The van der Waals surface area contributed by atoms with Crippen LogP contribution in [0.1, 0.15) is 26.7 Å². The summed E-state index contributed by atoms with van der Waals surface area (Å²) in [6, 6.07) is 5.95. The maximum Gasteiger partial charge on any atom is 0.137 e. The Bertz CT molecular complexity index is 527. The van der Waals surface area contributed by atoms with Gasteiger partial charge in [0.1, 0.15) is 12.1 Å². The van der Waals surface area contributed by atoms with Crippen molar-refractivity contribution in [3.05, 3.63) is 36.0 Å². The molecule has 1 heterocycles. The molecule has 1 radical (unpaired) electrons. The Hall–Kier alpha value is -1.35. The van der Waals surface area contributed by atoms with Gasteiger partial charge in [0.25, 0.3) is 0 Å². The fourth-order valence-corrected chi connectivity index (χ4v) is 2.00. The fourth-order valence-electron chi connectivity index (χ4n) is 1.84. The van der Waals surface area contributed by atoms with Crippen LogP contribution in [0.3, 0.4) is 0 Å². The van der Waals surface area contributed by atoms with E-state index in [9.17, 15) is 0 Å². The van der Waals surface area contributed by atoms with Crippen molar-refractivity contribution in [2.24, 2.45) is 0 Å². The van der Waals surface area contributed by atoms with Gasteiger partial charge in [-0.25, -0.2) is 9.97 Å². The summed E-state index contributed by atoms with van der Waals surface area (Å²) in [7, 11) is 0. The molecule has 3 nitrogen and oxygen atoms in total. The van der Waals surface area contributed by atoms with E-state index >= 15 is 0 Å². The van der Waals surface area contributed by atoms with Crippen molar-refractivity contribution in [2.45, 2.75) is 32.7 Å². The number of fused-ring (bicyclic) bond motifs is 1. The Labute approximate surface area is 113 Å². The molecule has 95 valence electrons. The highest BCUT2D eigenvalue weighted by Gasteiger charge is 2.07. The third kappa shape index (κ3) is 3.10. The Morgan fingerprint density at radius 3 is 3.00 bits per heavy atom. The molecule has 0 aliphatic rings. The van der Waals surface area contributed by atoms with E-state index in [1.165, 1.54) is 0 Å². The first kappa shape index (κ1) is 13.1. The Morgan fingerprint density at radius 2 is 2.22 bits per heavy atom. The first-order chi connectivity index (χ1) is 8.70. The highest BCUT2D eigenvalue weighted by Crippen LogP contribution is 2.23. The largest absolute Gasteiger partial charge is 0.367 e. The van der Waals surface area contributed by atoms with E-state index in [0.29, 0.717) is 11.1 Å². The van der Waals surface area contributed by atoms with Crippen molar-refractivity contribution in [3.8, 4) is 0 Å². The lowest BCUT2D eigenvalue weighted by molar-refractivity contribution is 0.790. The van der Waals surface area contributed by atoms with Crippen LogP contribution in [0.15, 0.2) is 24.5 Å². The molecule has 0 saturated heterocycles. The minimum absolute atomic E-state index is 0.290. The van der Waals surface area contributed by atoms with E-state index in [1.807, 2.05) is 18.2 Å². The second-order valence-electron chi connectivity index (χ2n) is 4.34. The Balaban J connectivity index is 2.22. The van der Waals surface area contributed by atoms with Crippen molar-refractivity contribution >= 4 is 28.3 Å². The lowest BCUT2D eigenvalue weighted by Crippen LogP contribution is -2.16. The van der Waals surface area contributed by atoms with E-state index < -0.39 is 0 Å². The molecule has 1 aromatic heterocycles. The Morgan fingerprint density at radius 1 is 1.39 bits per heavy atom. The SMILES string of the molecule is CCC[CH]C(C)Nc1ncnc2cc(Cl)ccc12. The predicted octanol–water partition coefficient (Wildman–Crippen LogP) is 4.09. The van der Waals surface area contributed by atoms with Crippen LogP contribution in [0, 0.1) is 6.42 Å². The second-order valence-corrected chi connectivity index (χ2v) is 4.78. The summed E-state index contributed by atoms with van der Waals surface area (Å²) in [6.45, 7) is 4.30. The van der Waals surface area contributed by atoms with Crippen LogP contribution >= 0.6 is 11.6 Å². The standard InChI is InChI=1S/C14H17ClN3/c1-3-4-5-10(2)18-14-12-7-6-11(15)8-13(12)16-9-17-14/h5-10H,3-4H2,1-2H3,(H,16,17,18). The number of nitrogens with one attached hydrogen (secondary N) is 1. The zero-order valence-corrected chi connectivity index (χ0v) is 11.4. The van der Waals surface area contributed by atoms with Gasteiger partial charge in [-0.3, -0.25) is 0 Å². The second kappa shape index (κ2) is 6.01. The van der Waals surface area contributed by atoms with Gasteiger partial charge in [0.15, 0.2) is 0 Å². The quantitative estimate of drug-likeness (QED) is 0.882. The number of rotatable bonds is 5. The maximum absolute atomic E-state index is 5.96. The molecule has 0 aliphatic heterocycles. The van der Waals surface area contributed by atoms with Gasteiger partial charge in [0.05, 0.1) is 5.52 Å². The van der Waals surface area contributed by atoms with Gasteiger partial charge < -0.3 is 5.32 Å².